The van der Waals surface area contributed by atoms with Crippen LogP contribution in [0, 0.1) is 11.3 Å². The minimum atomic E-state index is -0.118. The van der Waals surface area contributed by atoms with Gasteiger partial charge in [-0.15, -0.1) is 0 Å². The van der Waals surface area contributed by atoms with Gasteiger partial charge < -0.3 is 10.6 Å². The molecule has 0 atom stereocenters. The Morgan fingerprint density at radius 2 is 1.91 bits per heavy atom. The van der Waals surface area contributed by atoms with E-state index in [-0.39, 0.29) is 5.91 Å². The highest BCUT2D eigenvalue weighted by atomic mass is 79.9. The number of hydrogen-bond donors (Lipinski definition) is 2. The molecule has 0 aliphatic heterocycles. The first kappa shape index (κ1) is 16.3. The van der Waals surface area contributed by atoms with E-state index in [1.54, 1.807) is 30.3 Å². The second kappa shape index (κ2) is 7.83. The fourth-order valence-corrected chi connectivity index (χ4v) is 2.29. The smallest absolute Gasteiger partial charge is 0.251 e. The lowest BCUT2D eigenvalue weighted by molar-refractivity contribution is 0.0955. The van der Waals surface area contributed by atoms with E-state index in [0.717, 1.165) is 10.2 Å². The lowest BCUT2D eigenvalue weighted by Gasteiger charge is -2.09. The maximum Gasteiger partial charge on any atom is 0.251 e. The fraction of sp³-hybridized carbons (Fsp3) is 0.125. The summed E-state index contributed by atoms with van der Waals surface area (Å²) >= 11 is 9.28. The van der Waals surface area contributed by atoms with Crippen LogP contribution in [0.3, 0.4) is 0 Å². The summed E-state index contributed by atoms with van der Waals surface area (Å²) in [5.74, 6) is -0.118. The normalized spacial score (nSPS) is 9.86. The maximum atomic E-state index is 11.9. The molecule has 0 aliphatic carbocycles. The third-order valence-corrected chi connectivity index (χ3v) is 3.78. The summed E-state index contributed by atoms with van der Waals surface area (Å²) in [5.41, 5.74) is 1.86. The van der Waals surface area contributed by atoms with Gasteiger partial charge in [0.25, 0.3) is 5.91 Å². The Balaban J connectivity index is 1.79. The van der Waals surface area contributed by atoms with Crippen LogP contribution in [0.1, 0.15) is 15.9 Å². The SMILES string of the molecule is N#Cc1ccc(NCCNC(=O)c2ccc(Br)cc2)cc1Cl. The molecule has 0 heterocycles. The number of anilines is 1. The average molecular weight is 379 g/mol. The number of nitrogens with one attached hydrogen (secondary N) is 2. The van der Waals surface area contributed by atoms with E-state index in [1.807, 2.05) is 18.2 Å². The minimum Gasteiger partial charge on any atom is -0.383 e. The van der Waals surface area contributed by atoms with E-state index in [2.05, 4.69) is 26.6 Å². The molecule has 0 aromatic heterocycles. The molecule has 0 bridgehead atoms. The van der Waals surface area contributed by atoms with Gasteiger partial charge in [0.05, 0.1) is 10.6 Å². The van der Waals surface area contributed by atoms with Crippen molar-refractivity contribution < 1.29 is 4.79 Å². The Bertz CT molecular complexity index is 710. The molecule has 0 fully saturated rings. The molecule has 0 saturated carbocycles. The number of carbonyl (C=O) groups excluding carboxylic acids is 1. The number of rotatable bonds is 5. The van der Waals surface area contributed by atoms with Crippen molar-refractivity contribution in [2.45, 2.75) is 0 Å². The van der Waals surface area contributed by atoms with E-state index >= 15 is 0 Å². The van der Waals surface area contributed by atoms with Crippen LogP contribution in [0.4, 0.5) is 5.69 Å². The highest BCUT2D eigenvalue weighted by molar-refractivity contribution is 9.10. The van der Waals surface area contributed by atoms with Crippen LogP contribution in [-0.2, 0) is 0 Å². The molecule has 1 amide bonds. The Morgan fingerprint density at radius 1 is 1.18 bits per heavy atom. The molecular formula is C16H13BrClN3O. The van der Waals surface area contributed by atoms with Crippen molar-refractivity contribution in [2.75, 3.05) is 18.4 Å². The second-order valence-corrected chi connectivity index (χ2v) is 5.82. The van der Waals surface area contributed by atoms with Gasteiger partial charge in [-0.25, -0.2) is 0 Å². The summed E-state index contributed by atoms with van der Waals surface area (Å²) in [4.78, 5) is 11.9. The van der Waals surface area contributed by atoms with Crippen LogP contribution < -0.4 is 10.6 Å². The van der Waals surface area contributed by atoms with Crippen molar-refractivity contribution in [3.63, 3.8) is 0 Å². The molecule has 2 aromatic carbocycles. The van der Waals surface area contributed by atoms with E-state index < -0.39 is 0 Å². The largest absolute Gasteiger partial charge is 0.383 e. The number of benzene rings is 2. The molecule has 2 rings (SSSR count). The van der Waals surface area contributed by atoms with E-state index in [9.17, 15) is 4.79 Å². The van der Waals surface area contributed by atoms with Crippen LogP contribution in [0.5, 0.6) is 0 Å². The fourth-order valence-electron chi connectivity index (χ4n) is 1.80. The second-order valence-electron chi connectivity index (χ2n) is 4.50. The molecule has 0 spiro atoms. The van der Waals surface area contributed by atoms with Crippen molar-refractivity contribution in [1.29, 1.82) is 5.26 Å². The van der Waals surface area contributed by atoms with Crippen molar-refractivity contribution in [3.05, 3.63) is 63.1 Å². The van der Waals surface area contributed by atoms with Crippen molar-refractivity contribution in [2.24, 2.45) is 0 Å². The van der Waals surface area contributed by atoms with Gasteiger partial charge in [0, 0.05) is 28.8 Å². The lowest BCUT2D eigenvalue weighted by Crippen LogP contribution is -2.28. The number of hydrogen-bond acceptors (Lipinski definition) is 3. The number of nitrogens with zero attached hydrogens (tertiary/aromatic N) is 1. The summed E-state index contributed by atoms with van der Waals surface area (Å²) in [6, 6.07) is 14.3. The number of halogens is 2. The number of nitriles is 1. The number of carbonyl (C=O) groups is 1. The highest BCUT2D eigenvalue weighted by Gasteiger charge is 2.04. The molecule has 112 valence electrons. The summed E-state index contributed by atoms with van der Waals surface area (Å²) in [6.07, 6.45) is 0. The molecule has 0 saturated heterocycles. The Hall–Kier alpha value is -2.03. The number of amides is 1. The summed E-state index contributed by atoms with van der Waals surface area (Å²) in [5, 5.41) is 15.2. The molecule has 0 unspecified atom stereocenters. The van der Waals surface area contributed by atoms with Crippen molar-refractivity contribution >= 4 is 39.1 Å². The maximum absolute atomic E-state index is 11.9. The molecule has 22 heavy (non-hydrogen) atoms. The predicted molar refractivity (Wildman–Crippen MR) is 91.1 cm³/mol. The third kappa shape index (κ3) is 4.48. The Morgan fingerprint density at radius 3 is 2.55 bits per heavy atom. The molecule has 2 N–H and O–H groups in total. The summed E-state index contributed by atoms with van der Waals surface area (Å²) < 4.78 is 0.934. The van der Waals surface area contributed by atoms with Crippen LogP contribution >= 0.6 is 27.5 Å². The van der Waals surface area contributed by atoms with Crippen LogP contribution in [-0.4, -0.2) is 19.0 Å². The topological polar surface area (TPSA) is 64.9 Å². The summed E-state index contributed by atoms with van der Waals surface area (Å²) in [7, 11) is 0. The molecular weight excluding hydrogens is 366 g/mol. The Labute approximate surface area is 142 Å². The minimum absolute atomic E-state index is 0.118. The first-order chi connectivity index (χ1) is 10.6. The molecule has 6 heteroatoms. The zero-order valence-electron chi connectivity index (χ0n) is 11.6. The van der Waals surface area contributed by atoms with Crippen molar-refractivity contribution in [3.8, 4) is 6.07 Å². The lowest BCUT2D eigenvalue weighted by atomic mass is 10.2. The standard InChI is InChI=1S/C16H13BrClN3O/c17-13-4-1-11(2-5-13)16(22)21-8-7-20-14-6-3-12(10-19)15(18)9-14/h1-6,9,20H,7-8H2,(H,21,22). The van der Waals surface area contributed by atoms with Gasteiger partial charge in [-0.3, -0.25) is 4.79 Å². The van der Waals surface area contributed by atoms with Crippen molar-refractivity contribution in [1.82, 2.24) is 5.32 Å². The van der Waals surface area contributed by atoms with E-state index in [1.165, 1.54) is 0 Å². The van der Waals surface area contributed by atoms with Gasteiger partial charge in [-0.2, -0.15) is 5.26 Å². The zero-order chi connectivity index (χ0) is 15.9. The summed E-state index contributed by atoms with van der Waals surface area (Å²) in [6.45, 7) is 1.04. The van der Waals surface area contributed by atoms with Gasteiger partial charge in [-0.1, -0.05) is 27.5 Å². The monoisotopic (exact) mass is 377 g/mol. The molecule has 0 radical (unpaired) electrons. The molecule has 2 aromatic rings. The van der Waals surface area contributed by atoms with Gasteiger partial charge in [-0.05, 0) is 42.5 Å². The molecule has 4 nitrogen and oxygen atoms in total. The van der Waals surface area contributed by atoms with Gasteiger partial charge >= 0.3 is 0 Å². The van der Waals surface area contributed by atoms with Crippen LogP contribution in [0.2, 0.25) is 5.02 Å². The average Bonchev–Trinajstić information content (AvgIpc) is 2.52. The Kier molecular flexibility index (Phi) is 5.82. The van der Waals surface area contributed by atoms with Gasteiger partial charge in [0.15, 0.2) is 0 Å². The van der Waals surface area contributed by atoms with Gasteiger partial charge in [0.2, 0.25) is 0 Å². The zero-order valence-corrected chi connectivity index (χ0v) is 13.9. The van der Waals surface area contributed by atoms with E-state index in [0.29, 0.717) is 29.2 Å². The third-order valence-electron chi connectivity index (χ3n) is 2.94. The molecule has 0 aliphatic rings. The first-order valence-corrected chi connectivity index (χ1v) is 7.74. The van der Waals surface area contributed by atoms with Crippen LogP contribution in [0.25, 0.3) is 0 Å². The highest BCUT2D eigenvalue weighted by Crippen LogP contribution is 2.19. The van der Waals surface area contributed by atoms with Crippen LogP contribution in [0.15, 0.2) is 46.9 Å². The van der Waals surface area contributed by atoms with E-state index in [4.69, 9.17) is 16.9 Å². The predicted octanol–water partition coefficient (Wildman–Crippen LogP) is 3.82. The first-order valence-electron chi connectivity index (χ1n) is 6.57. The quantitative estimate of drug-likeness (QED) is 0.778. The van der Waals surface area contributed by atoms with Gasteiger partial charge in [0.1, 0.15) is 6.07 Å².